The van der Waals surface area contributed by atoms with Crippen LogP contribution >= 0.6 is 23.4 Å². The molecule has 1 unspecified atom stereocenters. The highest BCUT2D eigenvalue weighted by atomic mass is 35.5. The highest BCUT2D eigenvalue weighted by Crippen LogP contribution is 2.42. The van der Waals surface area contributed by atoms with Crippen molar-refractivity contribution < 1.29 is 9.90 Å². The van der Waals surface area contributed by atoms with Gasteiger partial charge >= 0.3 is 5.97 Å². The maximum atomic E-state index is 11.6. The smallest absolute Gasteiger partial charge is 0.307 e. The van der Waals surface area contributed by atoms with Crippen LogP contribution in [0.5, 0.6) is 0 Å². The second-order valence-electron chi connectivity index (χ2n) is 9.21. The first kappa shape index (κ1) is 23.6. The van der Waals surface area contributed by atoms with Crippen molar-refractivity contribution in [3.8, 4) is 11.1 Å². The van der Waals surface area contributed by atoms with Crippen LogP contribution in [0.15, 0.2) is 65.7 Å². The van der Waals surface area contributed by atoms with Crippen molar-refractivity contribution in [3.05, 3.63) is 76.9 Å². The summed E-state index contributed by atoms with van der Waals surface area (Å²) in [5.74, 6) is 0.484. The zero-order valence-corrected chi connectivity index (χ0v) is 21.6. The topological polar surface area (TPSA) is 57.5 Å². The average Bonchev–Trinajstić information content (AvgIpc) is 3.39. The molecule has 0 fully saturated rings. The van der Waals surface area contributed by atoms with Gasteiger partial charge in [0.2, 0.25) is 0 Å². The summed E-state index contributed by atoms with van der Waals surface area (Å²) in [4.78, 5) is 15.0. The molecule has 1 aliphatic heterocycles. The highest BCUT2D eigenvalue weighted by Gasteiger charge is 2.25. The molecule has 5 rings (SSSR count). The number of carboxylic acid groups (broad SMARTS) is 1. The van der Waals surface area contributed by atoms with Crippen LogP contribution in [0.1, 0.15) is 17.0 Å². The van der Waals surface area contributed by atoms with E-state index in [2.05, 4.69) is 63.3 Å². The first-order valence-corrected chi connectivity index (χ1v) is 12.9. The molecule has 35 heavy (non-hydrogen) atoms. The van der Waals surface area contributed by atoms with Crippen LogP contribution in [0.2, 0.25) is 5.02 Å². The van der Waals surface area contributed by atoms with E-state index < -0.39 is 5.97 Å². The second kappa shape index (κ2) is 9.51. The SMILES string of the molecule is CNc1cc(-c2ccc3c(CC(=O)O)cn(CC4CSc5ccc(Cl)cc54)c3c2)cc(N(C)C)c1. The van der Waals surface area contributed by atoms with Gasteiger partial charge in [-0.25, -0.2) is 0 Å². The summed E-state index contributed by atoms with van der Waals surface area (Å²) >= 11 is 8.16. The van der Waals surface area contributed by atoms with E-state index in [1.54, 1.807) is 0 Å². The maximum absolute atomic E-state index is 11.6. The van der Waals surface area contributed by atoms with E-state index in [9.17, 15) is 9.90 Å². The zero-order valence-electron chi connectivity index (χ0n) is 20.0. The summed E-state index contributed by atoms with van der Waals surface area (Å²) in [5, 5.41) is 14.5. The zero-order chi connectivity index (χ0) is 24.7. The van der Waals surface area contributed by atoms with Crippen LogP contribution in [0.3, 0.4) is 0 Å². The molecule has 180 valence electrons. The van der Waals surface area contributed by atoms with Gasteiger partial charge in [0.1, 0.15) is 0 Å². The fraction of sp³-hybridized carbons (Fsp3) is 0.250. The Balaban J connectivity index is 1.60. The van der Waals surface area contributed by atoms with Crippen LogP contribution in [0, 0.1) is 0 Å². The van der Waals surface area contributed by atoms with Gasteiger partial charge in [-0.05, 0) is 64.7 Å². The number of nitrogens with zero attached hydrogens (tertiary/aromatic N) is 2. The van der Waals surface area contributed by atoms with Crippen molar-refractivity contribution in [1.82, 2.24) is 4.57 Å². The quantitative estimate of drug-likeness (QED) is 0.297. The minimum Gasteiger partial charge on any atom is -0.481 e. The highest BCUT2D eigenvalue weighted by molar-refractivity contribution is 7.99. The second-order valence-corrected chi connectivity index (χ2v) is 10.7. The molecule has 0 amide bonds. The molecule has 7 heteroatoms. The Kier molecular flexibility index (Phi) is 6.43. The van der Waals surface area contributed by atoms with Crippen molar-refractivity contribution >= 4 is 51.6 Å². The van der Waals surface area contributed by atoms with E-state index in [1.807, 2.05) is 45.2 Å². The molecule has 4 aromatic rings. The molecule has 0 spiro atoms. The Morgan fingerprint density at radius 3 is 2.71 bits per heavy atom. The lowest BCUT2D eigenvalue weighted by atomic mass is 10.00. The molecule has 1 aliphatic rings. The normalized spacial score (nSPS) is 14.8. The van der Waals surface area contributed by atoms with Gasteiger partial charge < -0.3 is 19.9 Å². The molecule has 1 aromatic heterocycles. The molecule has 0 saturated heterocycles. The van der Waals surface area contributed by atoms with Crippen LogP contribution in [-0.4, -0.2) is 42.5 Å². The monoisotopic (exact) mass is 505 g/mol. The van der Waals surface area contributed by atoms with Crippen molar-refractivity contribution in [2.24, 2.45) is 0 Å². The van der Waals surface area contributed by atoms with Gasteiger partial charge in [-0.1, -0.05) is 23.7 Å². The lowest BCUT2D eigenvalue weighted by molar-refractivity contribution is -0.136. The number of anilines is 2. The first-order chi connectivity index (χ1) is 16.8. The first-order valence-electron chi connectivity index (χ1n) is 11.6. The summed E-state index contributed by atoms with van der Waals surface area (Å²) in [6.45, 7) is 0.777. The summed E-state index contributed by atoms with van der Waals surface area (Å²) in [5.41, 5.74) is 7.55. The molecule has 2 N–H and O–H groups in total. The molecule has 1 atom stereocenters. The Morgan fingerprint density at radius 1 is 1.14 bits per heavy atom. The Hall–Kier alpha value is -3.09. The molecule has 0 saturated carbocycles. The molecule has 0 radical (unpaired) electrons. The van der Waals surface area contributed by atoms with E-state index in [0.29, 0.717) is 5.92 Å². The summed E-state index contributed by atoms with van der Waals surface area (Å²) in [6, 6.07) is 18.9. The number of rotatable bonds is 7. The molecule has 0 aliphatic carbocycles. The number of hydrogen-bond acceptors (Lipinski definition) is 4. The third-order valence-electron chi connectivity index (χ3n) is 6.63. The summed E-state index contributed by atoms with van der Waals surface area (Å²) < 4.78 is 2.23. The number of fused-ring (bicyclic) bond motifs is 2. The Labute approximate surface area is 214 Å². The van der Waals surface area contributed by atoms with Crippen LogP contribution in [0.4, 0.5) is 11.4 Å². The largest absolute Gasteiger partial charge is 0.481 e. The number of hydrogen-bond donors (Lipinski definition) is 2. The minimum atomic E-state index is -0.820. The average molecular weight is 506 g/mol. The van der Waals surface area contributed by atoms with Gasteiger partial charge in [0, 0.05) is 77.8 Å². The predicted molar refractivity (Wildman–Crippen MR) is 148 cm³/mol. The Bertz CT molecular complexity index is 1430. The molecule has 3 aromatic carbocycles. The van der Waals surface area contributed by atoms with E-state index >= 15 is 0 Å². The third-order valence-corrected chi connectivity index (χ3v) is 8.12. The number of carboxylic acids is 1. The van der Waals surface area contributed by atoms with E-state index in [-0.39, 0.29) is 6.42 Å². The van der Waals surface area contributed by atoms with Gasteiger partial charge in [-0.3, -0.25) is 4.79 Å². The fourth-order valence-electron chi connectivity index (χ4n) is 4.82. The van der Waals surface area contributed by atoms with Crippen LogP contribution in [0.25, 0.3) is 22.0 Å². The summed E-state index contributed by atoms with van der Waals surface area (Å²) in [7, 11) is 6.00. The number of thioether (sulfide) groups is 1. The van der Waals surface area contributed by atoms with E-state index in [4.69, 9.17) is 11.6 Å². The molecule has 5 nitrogen and oxygen atoms in total. The van der Waals surface area contributed by atoms with Crippen molar-refractivity contribution in [1.29, 1.82) is 0 Å². The van der Waals surface area contributed by atoms with Crippen LogP contribution in [-0.2, 0) is 17.8 Å². The van der Waals surface area contributed by atoms with E-state index in [0.717, 1.165) is 56.3 Å². The molecule has 0 bridgehead atoms. The lowest BCUT2D eigenvalue weighted by Gasteiger charge is -2.17. The number of aromatic nitrogens is 1. The van der Waals surface area contributed by atoms with Crippen molar-refractivity contribution in [2.45, 2.75) is 23.8 Å². The molecule has 2 heterocycles. The number of halogens is 1. The third kappa shape index (κ3) is 4.73. The number of benzene rings is 3. The predicted octanol–water partition coefficient (Wildman–Crippen LogP) is 6.59. The standard InChI is InChI=1S/C28H28ClN3O2S/c1-30-22-8-18(9-23(13-22)31(2)3)17-4-6-24-19(11-28(33)34)14-32(26(24)10-17)15-20-16-35-27-7-5-21(29)12-25(20)27/h4-10,12-14,20,30H,11,15-16H2,1-3H3,(H,33,34). The van der Waals surface area contributed by atoms with Gasteiger partial charge in [-0.15, -0.1) is 11.8 Å². The summed E-state index contributed by atoms with van der Waals surface area (Å²) in [6.07, 6.45) is 2.02. The van der Waals surface area contributed by atoms with Crippen molar-refractivity contribution in [2.75, 3.05) is 37.1 Å². The maximum Gasteiger partial charge on any atom is 0.307 e. The lowest BCUT2D eigenvalue weighted by Crippen LogP contribution is -2.09. The van der Waals surface area contributed by atoms with Gasteiger partial charge in [0.15, 0.2) is 0 Å². The number of aliphatic carboxylic acids is 1. The fourth-order valence-corrected chi connectivity index (χ4v) is 6.22. The van der Waals surface area contributed by atoms with E-state index in [1.165, 1.54) is 10.5 Å². The van der Waals surface area contributed by atoms with Crippen molar-refractivity contribution in [3.63, 3.8) is 0 Å². The number of nitrogens with one attached hydrogen (secondary N) is 1. The van der Waals surface area contributed by atoms with Gasteiger partial charge in [0.05, 0.1) is 6.42 Å². The Morgan fingerprint density at radius 2 is 1.97 bits per heavy atom. The minimum absolute atomic E-state index is 0.00466. The number of carbonyl (C=O) groups is 1. The molecular weight excluding hydrogens is 478 g/mol. The van der Waals surface area contributed by atoms with Gasteiger partial charge in [0.25, 0.3) is 0 Å². The van der Waals surface area contributed by atoms with Gasteiger partial charge in [-0.2, -0.15) is 0 Å². The molecular formula is C28H28ClN3O2S. The van der Waals surface area contributed by atoms with Crippen LogP contribution < -0.4 is 10.2 Å².